The molecule has 1 saturated heterocycles. The Labute approximate surface area is 208 Å². The first kappa shape index (κ1) is 24.2. The maximum atomic E-state index is 13.9. The molecule has 2 fully saturated rings. The Morgan fingerprint density at radius 3 is 2.53 bits per heavy atom. The fourth-order valence-corrected chi connectivity index (χ4v) is 5.29. The van der Waals surface area contributed by atoms with Gasteiger partial charge in [0.25, 0.3) is 11.8 Å². The number of carboxylic acid groups (broad SMARTS) is 1. The maximum Gasteiger partial charge on any atom is 0.339 e. The lowest BCUT2D eigenvalue weighted by atomic mass is 9.96. The van der Waals surface area contributed by atoms with Crippen molar-refractivity contribution in [3.8, 4) is 16.8 Å². The highest BCUT2D eigenvalue weighted by Gasteiger charge is 2.60. The predicted octanol–water partition coefficient (Wildman–Crippen LogP) is 6.15. The monoisotopic (exact) mass is 493 g/mol. The van der Waals surface area contributed by atoms with E-state index >= 15 is 0 Å². The molecule has 2 heterocycles. The molecule has 5 rings (SSSR count). The summed E-state index contributed by atoms with van der Waals surface area (Å²) in [5.41, 5.74) is 2.52. The van der Waals surface area contributed by atoms with Crippen LogP contribution in [-0.2, 0) is 0 Å². The molecule has 1 N–H and O–H groups in total. The molecule has 36 heavy (non-hydrogen) atoms. The first-order valence-corrected chi connectivity index (χ1v) is 12.5. The molecule has 2 atom stereocenters. The molecule has 3 aromatic rings. The van der Waals surface area contributed by atoms with Crippen molar-refractivity contribution in [3.63, 3.8) is 0 Å². The molecule has 2 aliphatic rings. The normalized spacial score (nSPS) is 20.8. The van der Waals surface area contributed by atoms with Crippen molar-refractivity contribution >= 4 is 11.9 Å². The standard InChI is InChI=1S/C28H29F2N3O3/c1-2-7-21-11-3-4-13-32(21)26(34)20-10-5-8-18(14-20)19-9-6-12-22(15-19)33-25(24-16-28(24,29)30)23(17-31-33)27(35)36/h5-6,8-10,12,14-15,17,21,24H,2-4,7,11,13,16H2,1H3,(H,35,36)/t21-,24?/m1/s1. The number of carboxylic acids is 1. The molecule has 1 aliphatic heterocycles. The van der Waals surface area contributed by atoms with Crippen LogP contribution in [0.15, 0.2) is 54.7 Å². The number of aromatic carboxylic acids is 1. The summed E-state index contributed by atoms with van der Waals surface area (Å²) in [7, 11) is 0. The van der Waals surface area contributed by atoms with Gasteiger partial charge in [-0.05, 0) is 61.1 Å². The van der Waals surface area contributed by atoms with Gasteiger partial charge in [-0.1, -0.05) is 37.6 Å². The molecule has 0 bridgehead atoms. The summed E-state index contributed by atoms with van der Waals surface area (Å²) in [5, 5.41) is 13.7. The van der Waals surface area contributed by atoms with Crippen molar-refractivity contribution in [3.05, 3.63) is 71.5 Å². The average molecular weight is 494 g/mol. The number of halogens is 2. The second-order valence-corrected chi connectivity index (χ2v) is 9.75. The molecule has 1 aliphatic carbocycles. The fraction of sp³-hybridized carbons (Fsp3) is 0.393. The van der Waals surface area contributed by atoms with E-state index in [1.165, 1.54) is 4.68 Å². The van der Waals surface area contributed by atoms with E-state index < -0.39 is 24.2 Å². The number of aromatic nitrogens is 2. The van der Waals surface area contributed by atoms with Gasteiger partial charge in [-0.2, -0.15) is 5.10 Å². The summed E-state index contributed by atoms with van der Waals surface area (Å²) in [6, 6.07) is 14.9. The minimum Gasteiger partial charge on any atom is -0.478 e. The zero-order valence-corrected chi connectivity index (χ0v) is 20.2. The number of amides is 1. The van der Waals surface area contributed by atoms with E-state index in [2.05, 4.69) is 12.0 Å². The smallest absolute Gasteiger partial charge is 0.339 e. The van der Waals surface area contributed by atoms with Gasteiger partial charge in [0.1, 0.15) is 5.56 Å². The van der Waals surface area contributed by atoms with Gasteiger partial charge < -0.3 is 10.0 Å². The van der Waals surface area contributed by atoms with Crippen molar-refractivity contribution in [1.82, 2.24) is 14.7 Å². The van der Waals surface area contributed by atoms with Crippen molar-refractivity contribution in [2.75, 3.05) is 6.54 Å². The Balaban J connectivity index is 1.47. The number of hydrogen-bond acceptors (Lipinski definition) is 3. The number of nitrogens with zero attached hydrogens (tertiary/aromatic N) is 3. The van der Waals surface area contributed by atoms with Gasteiger partial charge in [0, 0.05) is 24.6 Å². The molecular weight excluding hydrogens is 464 g/mol. The number of likely N-dealkylation sites (tertiary alicyclic amines) is 1. The van der Waals surface area contributed by atoms with Crippen LogP contribution in [0.1, 0.15) is 77.8 Å². The lowest BCUT2D eigenvalue weighted by Gasteiger charge is -2.36. The van der Waals surface area contributed by atoms with Crippen molar-refractivity contribution in [1.29, 1.82) is 0 Å². The minimum atomic E-state index is -2.93. The zero-order chi connectivity index (χ0) is 25.4. The number of carbonyl (C=O) groups excluding carboxylic acids is 1. The van der Waals surface area contributed by atoms with Gasteiger partial charge in [-0.25, -0.2) is 18.3 Å². The first-order valence-electron chi connectivity index (χ1n) is 12.5. The van der Waals surface area contributed by atoms with Crippen LogP contribution in [-0.4, -0.2) is 50.2 Å². The van der Waals surface area contributed by atoms with Crippen LogP contribution in [0.4, 0.5) is 8.78 Å². The van der Waals surface area contributed by atoms with Crippen molar-refractivity contribution in [2.24, 2.45) is 0 Å². The molecule has 188 valence electrons. The molecule has 6 nitrogen and oxygen atoms in total. The summed E-state index contributed by atoms with van der Waals surface area (Å²) >= 11 is 0. The molecule has 0 radical (unpaired) electrons. The van der Waals surface area contributed by atoms with E-state index in [4.69, 9.17) is 0 Å². The second-order valence-electron chi connectivity index (χ2n) is 9.75. The van der Waals surface area contributed by atoms with Gasteiger partial charge >= 0.3 is 5.97 Å². The summed E-state index contributed by atoms with van der Waals surface area (Å²) < 4.78 is 29.1. The Bertz CT molecular complexity index is 1300. The average Bonchev–Trinajstić information content (AvgIpc) is 3.30. The third-order valence-electron chi connectivity index (χ3n) is 7.24. The highest BCUT2D eigenvalue weighted by Crippen LogP contribution is 2.56. The minimum absolute atomic E-state index is 0.0145. The third kappa shape index (κ3) is 4.52. The summed E-state index contributed by atoms with van der Waals surface area (Å²) in [6.07, 6.45) is 5.96. The van der Waals surface area contributed by atoms with Crippen LogP contribution in [0.5, 0.6) is 0 Å². The van der Waals surface area contributed by atoms with Gasteiger partial charge in [-0.3, -0.25) is 4.79 Å². The number of rotatable bonds is 7. The maximum absolute atomic E-state index is 13.9. The van der Waals surface area contributed by atoms with E-state index in [1.807, 2.05) is 35.2 Å². The van der Waals surface area contributed by atoms with Crippen LogP contribution >= 0.6 is 0 Å². The Morgan fingerprint density at radius 2 is 1.83 bits per heavy atom. The van der Waals surface area contributed by atoms with Gasteiger partial charge in [0.15, 0.2) is 0 Å². The number of benzene rings is 2. The van der Waals surface area contributed by atoms with E-state index in [1.54, 1.807) is 18.2 Å². The lowest BCUT2D eigenvalue weighted by Crippen LogP contribution is -2.43. The number of alkyl halides is 2. The second kappa shape index (κ2) is 9.48. The molecular formula is C28H29F2N3O3. The number of hydrogen-bond donors (Lipinski definition) is 1. The van der Waals surface area contributed by atoms with E-state index in [-0.39, 0.29) is 23.2 Å². The SMILES string of the molecule is CCC[C@@H]1CCCCN1C(=O)c1cccc(-c2cccc(-n3ncc(C(=O)O)c3C3CC3(F)F)c2)c1. The summed E-state index contributed by atoms with van der Waals surface area (Å²) in [6.45, 7) is 2.91. The summed E-state index contributed by atoms with van der Waals surface area (Å²) in [5.74, 6) is -5.35. The van der Waals surface area contributed by atoms with Gasteiger partial charge in [-0.15, -0.1) is 0 Å². The van der Waals surface area contributed by atoms with E-state index in [9.17, 15) is 23.5 Å². The highest BCUT2D eigenvalue weighted by atomic mass is 19.3. The number of carbonyl (C=O) groups is 2. The molecule has 1 amide bonds. The molecule has 2 aromatic carbocycles. The summed E-state index contributed by atoms with van der Waals surface area (Å²) in [4.78, 5) is 27.1. The molecule has 1 aromatic heterocycles. The first-order chi connectivity index (χ1) is 17.3. The predicted molar refractivity (Wildman–Crippen MR) is 132 cm³/mol. The zero-order valence-electron chi connectivity index (χ0n) is 20.2. The third-order valence-corrected chi connectivity index (χ3v) is 7.24. The van der Waals surface area contributed by atoms with Crippen LogP contribution in [0, 0.1) is 0 Å². The topological polar surface area (TPSA) is 75.4 Å². The molecule has 1 unspecified atom stereocenters. The van der Waals surface area contributed by atoms with Gasteiger partial charge in [0.2, 0.25) is 0 Å². The Kier molecular flexibility index (Phi) is 6.36. The highest BCUT2D eigenvalue weighted by molar-refractivity contribution is 5.96. The van der Waals surface area contributed by atoms with E-state index in [0.29, 0.717) is 11.3 Å². The molecule has 8 heteroatoms. The molecule has 0 spiro atoms. The van der Waals surface area contributed by atoms with Crippen LogP contribution in [0.3, 0.4) is 0 Å². The Hall–Kier alpha value is -3.55. The van der Waals surface area contributed by atoms with Gasteiger partial charge in [0.05, 0.1) is 23.5 Å². The largest absolute Gasteiger partial charge is 0.478 e. The Morgan fingerprint density at radius 1 is 1.11 bits per heavy atom. The molecule has 1 saturated carbocycles. The van der Waals surface area contributed by atoms with Crippen molar-refractivity contribution < 1.29 is 23.5 Å². The van der Waals surface area contributed by atoms with Crippen LogP contribution < -0.4 is 0 Å². The quantitative estimate of drug-likeness (QED) is 0.428. The van der Waals surface area contributed by atoms with E-state index in [0.717, 1.165) is 56.0 Å². The number of piperidine rings is 1. The van der Waals surface area contributed by atoms with Crippen LogP contribution in [0.25, 0.3) is 16.8 Å². The van der Waals surface area contributed by atoms with Crippen LogP contribution in [0.2, 0.25) is 0 Å². The fourth-order valence-electron chi connectivity index (χ4n) is 5.29. The lowest BCUT2D eigenvalue weighted by molar-refractivity contribution is 0.0599. The van der Waals surface area contributed by atoms with Crippen molar-refractivity contribution in [2.45, 2.75) is 63.3 Å².